The van der Waals surface area contributed by atoms with Gasteiger partial charge in [-0.1, -0.05) is 60.7 Å². The maximum Gasteiger partial charge on any atom is 0.272 e. The lowest BCUT2D eigenvalue weighted by Gasteiger charge is -2.10. The highest BCUT2D eigenvalue weighted by atomic mass is 32.1. The van der Waals surface area contributed by atoms with Crippen molar-refractivity contribution in [1.29, 1.82) is 5.26 Å². The molecule has 0 aliphatic heterocycles. The fourth-order valence-corrected chi connectivity index (χ4v) is 4.45. The molecule has 0 spiro atoms. The summed E-state index contributed by atoms with van der Waals surface area (Å²) in [5.74, 6) is 0. The van der Waals surface area contributed by atoms with Gasteiger partial charge in [-0.2, -0.15) is 5.26 Å². The average Bonchev–Trinajstić information content (AvgIpc) is 3.16. The van der Waals surface area contributed by atoms with E-state index in [9.17, 15) is 4.79 Å². The van der Waals surface area contributed by atoms with Crippen LogP contribution in [0, 0.1) is 11.3 Å². The fraction of sp³-hybridized carbons (Fsp3) is 0.0455. The molecular weight excluding hydrogens is 382 g/mol. The molecule has 0 saturated heterocycles. The summed E-state index contributed by atoms with van der Waals surface area (Å²) in [5, 5.41) is 18.7. The molecule has 0 aliphatic rings. The second-order valence-electron chi connectivity index (χ2n) is 6.45. The lowest BCUT2D eigenvalue weighted by atomic mass is 9.97. The van der Waals surface area contributed by atoms with Gasteiger partial charge >= 0.3 is 0 Å². The molecule has 0 saturated carbocycles. The highest BCUT2D eigenvalue weighted by Crippen LogP contribution is 2.40. The van der Waals surface area contributed by atoms with Gasteiger partial charge in [0.2, 0.25) is 0 Å². The number of benzene rings is 2. The fourth-order valence-electron chi connectivity index (χ4n) is 3.42. The van der Waals surface area contributed by atoms with Gasteiger partial charge in [0.15, 0.2) is 0 Å². The largest absolute Gasteiger partial charge is 0.284 e. The molecule has 0 atom stereocenters. The van der Waals surface area contributed by atoms with E-state index in [0.29, 0.717) is 15.0 Å². The van der Waals surface area contributed by atoms with Crippen molar-refractivity contribution < 1.29 is 0 Å². The Morgan fingerprint density at radius 1 is 0.966 bits per heavy atom. The summed E-state index contributed by atoms with van der Waals surface area (Å²) in [6.07, 6.45) is 1.43. The van der Waals surface area contributed by atoms with Crippen LogP contribution in [0.5, 0.6) is 0 Å². The maximum atomic E-state index is 12.8. The van der Waals surface area contributed by atoms with Crippen LogP contribution in [-0.2, 0) is 6.54 Å². The van der Waals surface area contributed by atoms with Crippen LogP contribution in [-0.4, -0.2) is 19.7 Å². The molecule has 29 heavy (non-hydrogen) atoms. The summed E-state index contributed by atoms with van der Waals surface area (Å²) in [5.41, 5.74) is 3.92. The van der Waals surface area contributed by atoms with Gasteiger partial charge in [0.1, 0.15) is 21.8 Å². The first kappa shape index (κ1) is 17.2. The number of nitriles is 1. The quantitative estimate of drug-likeness (QED) is 0.456. The molecule has 0 bridgehead atoms. The van der Waals surface area contributed by atoms with Crippen molar-refractivity contribution in [2.24, 2.45) is 0 Å². The predicted octanol–water partition coefficient (Wildman–Crippen LogP) is 4.26. The van der Waals surface area contributed by atoms with E-state index < -0.39 is 0 Å². The van der Waals surface area contributed by atoms with Crippen LogP contribution >= 0.6 is 11.3 Å². The van der Waals surface area contributed by atoms with Gasteiger partial charge in [-0.3, -0.25) is 9.36 Å². The van der Waals surface area contributed by atoms with E-state index >= 15 is 0 Å². The Morgan fingerprint density at radius 3 is 2.34 bits per heavy atom. The van der Waals surface area contributed by atoms with Crippen molar-refractivity contribution in [3.63, 3.8) is 0 Å². The molecule has 3 heterocycles. The first-order valence-corrected chi connectivity index (χ1v) is 9.75. The smallest absolute Gasteiger partial charge is 0.272 e. The Kier molecular flexibility index (Phi) is 4.12. The Bertz CT molecular complexity index is 1450. The molecule has 6 nitrogen and oxygen atoms in total. The van der Waals surface area contributed by atoms with Crippen LogP contribution in [0.15, 0.2) is 71.8 Å². The highest BCUT2D eigenvalue weighted by molar-refractivity contribution is 7.25. The van der Waals surface area contributed by atoms with E-state index in [0.717, 1.165) is 27.8 Å². The van der Waals surface area contributed by atoms with Gasteiger partial charge in [0, 0.05) is 16.5 Å². The predicted molar refractivity (Wildman–Crippen MR) is 113 cm³/mol. The molecule has 0 fully saturated rings. The molecule has 0 N–H and O–H groups in total. The minimum atomic E-state index is -0.236. The van der Waals surface area contributed by atoms with Crippen LogP contribution in [0.25, 0.3) is 42.8 Å². The van der Waals surface area contributed by atoms with Crippen LogP contribution in [0.3, 0.4) is 0 Å². The second-order valence-corrected chi connectivity index (χ2v) is 7.45. The minimum Gasteiger partial charge on any atom is -0.284 e. The Balaban J connectivity index is 1.93. The standard InChI is InChI=1S/C22H13N5OS/c23-11-12-27-13-24-19-17-16(14-7-3-1-4-8-14)18(15-9-5-2-6-10-15)25-26-21(17)29-20(19)22(27)28/h1-10,13H,12H2. The van der Waals surface area contributed by atoms with Gasteiger partial charge < -0.3 is 0 Å². The lowest BCUT2D eigenvalue weighted by molar-refractivity contribution is 0.777. The van der Waals surface area contributed by atoms with E-state index in [2.05, 4.69) is 15.2 Å². The Morgan fingerprint density at radius 2 is 1.66 bits per heavy atom. The van der Waals surface area contributed by atoms with E-state index in [1.54, 1.807) is 0 Å². The molecule has 7 heteroatoms. The first-order chi connectivity index (χ1) is 14.3. The summed E-state index contributed by atoms with van der Waals surface area (Å²) in [6.45, 7) is -0.0392. The monoisotopic (exact) mass is 395 g/mol. The molecule has 0 radical (unpaired) electrons. The van der Waals surface area contributed by atoms with Gasteiger partial charge in [-0.15, -0.1) is 21.5 Å². The summed E-state index contributed by atoms with van der Waals surface area (Å²) in [4.78, 5) is 18.0. The third-order valence-corrected chi connectivity index (χ3v) is 5.78. The molecule has 2 aromatic carbocycles. The van der Waals surface area contributed by atoms with E-state index in [4.69, 9.17) is 5.26 Å². The molecule has 138 valence electrons. The van der Waals surface area contributed by atoms with Crippen molar-refractivity contribution >= 4 is 31.8 Å². The van der Waals surface area contributed by atoms with Crippen LogP contribution in [0.4, 0.5) is 0 Å². The van der Waals surface area contributed by atoms with Gasteiger partial charge in [-0.05, 0) is 5.56 Å². The number of hydrogen-bond donors (Lipinski definition) is 0. The first-order valence-electron chi connectivity index (χ1n) is 8.94. The molecule has 3 aromatic heterocycles. The number of nitrogens with zero attached hydrogens (tertiary/aromatic N) is 5. The maximum absolute atomic E-state index is 12.8. The number of hydrogen-bond acceptors (Lipinski definition) is 6. The molecule has 0 amide bonds. The zero-order valence-corrected chi connectivity index (χ0v) is 15.9. The van der Waals surface area contributed by atoms with E-state index in [1.807, 2.05) is 66.7 Å². The minimum absolute atomic E-state index is 0.0392. The molecule has 0 unspecified atom stereocenters. The van der Waals surface area contributed by atoms with Crippen molar-refractivity contribution in [2.45, 2.75) is 6.54 Å². The molecule has 5 aromatic rings. The summed E-state index contributed by atoms with van der Waals surface area (Å²) in [7, 11) is 0. The topological polar surface area (TPSA) is 84.5 Å². The van der Waals surface area contributed by atoms with E-state index in [1.165, 1.54) is 22.2 Å². The third kappa shape index (κ3) is 2.78. The van der Waals surface area contributed by atoms with Gasteiger partial charge in [0.05, 0.1) is 17.9 Å². The van der Waals surface area contributed by atoms with Gasteiger partial charge in [-0.25, -0.2) is 4.98 Å². The molecule has 5 rings (SSSR count). The number of fused-ring (bicyclic) bond motifs is 3. The van der Waals surface area contributed by atoms with Crippen LogP contribution in [0.2, 0.25) is 0 Å². The van der Waals surface area contributed by atoms with Crippen molar-refractivity contribution in [1.82, 2.24) is 19.7 Å². The van der Waals surface area contributed by atoms with Crippen LogP contribution < -0.4 is 5.56 Å². The number of thiophene rings is 1. The zero-order chi connectivity index (χ0) is 19.8. The molecular formula is C22H13N5OS. The second kappa shape index (κ2) is 6.93. The lowest BCUT2D eigenvalue weighted by Crippen LogP contribution is -2.18. The Labute approximate surface area is 169 Å². The summed E-state index contributed by atoms with van der Waals surface area (Å²) in [6, 6.07) is 21.8. The SMILES string of the molecule is N#CCn1cnc2c(sc3nnc(-c4ccccc4)c(-c4ccccc4)c32)c1=O. The summed E-state index contributed by atoms with van der Waals surface area (Å²) < 4.78 is 1.79. The third-order valence-electron chi connectivity index (χ3n) is 4.72. The van der Waals surface area contributed by atoms with Crippen molar-refractivity contribution in [3.8, 4) is 28.5 Å². The van der Waals surface area contributed by atoms with E-state index in [-0.39, 0.29) is 12.1 Å². The molecule has 0 aliphatic carbocycles. The van der Waals surface area contributed by atoms with Crippen molar-refractivity contribution in [2.75, 3.05) is 0 Å². The number of aromatic nitrogens is 4. The van der Waals surface area contributed by atoms with Crippen LogP contribution in [0.1, 0.15) is 0 Å². The summed E-state index contributed by atoms with van der Waals surface area (Å²) >= 11 is 1.26. The zero-order valence-electron chi connectivity index (χ0n) is 15.1. The van der Waals surface area contributed by atoms with Gasteiger partial charge in [0.25, 0.3) is 5.56 Å². The Hall–Kier alpha value is -3.89. The van der Waals surface area contributed by atoms with Crippen molar-refractivity contribution in [3.05, 3.63) is 77.3 Å². The average molecular weight is 395 g/mol. The normalized spacial score (nSPS) is 11.0. The number of rotatable bonds is 3. The highest BCUT2D eigenvalue weighted by Gasteiger charge is 2.21.